The smallest absolute Gasteiger partial charge is 0.320 e. The number of alkyl halides is 2. The number of hydrogen-bond acceptors (Lipinski definition) is 7. The van der Waals surface area contributed by atoms with Crippen LogP contribution in [0, 0.1) is 17.8 Å². The van der Waals surface area contributed by atoms with E-state index < -0.39 is 36.6 Å². The van der Waals surface area contributed by atoms with E-state index in [0.29, 0.717) is 32.5 Å². The molecule has 0 aromatic rings. The summed E-state index contributed by atoms with van der Waals surface area (Å²) in [6.45, 7) is 14.3. The van der Waals surface area contributed by atoms with Crippen LogP contribution in [-0.2, 0) is 4.79 Å². The zero-order chi connectivity index (χ0) is 31.8. The second-order valence-electron chi connectivity index (χ2n) is 14.9. The Hall–Kier alpha value is -1.86. The Labute approximate surface area is 267 Å². The minimum atomic E-state index is -1.23. The van der Waals surface area contributed by atoms with Crippen LogP contribution in [0.3, 0.4) is 0 Å². The molecule has 254 valence electrons. The lowest BCUT2D eigenvalue weighted by atomic mass is 9.73. The second-order valence-corrected chi connectivity index (χ2v) is 14.9. The Kier molecular flexibility index (Phi) is 10.4. The molecule has 0 aromatic carbocycles. The second kappa shape index (κ2) is 14.1. The lowest BCUT2D eigenvalue weighted by Crippen LogP contribution is -2.79. The molecule has 6 bridgehead atoms. The van der Waals surface area contributed by atoms with Crippen LogP contribution in [0.25, 0.3) is 0 Å². The van der Waals surface area contributed by atoms with Crippen LogP contribution in [0.2, 0.25) is 0 Å². The van der Waals surface area contributed by atoms with Crippen LogP contribution < -0.4 is 26.6 Å². The summed E-state index contributed by atoms with van der Waals surface area (Å²) in [5.74, 6) is -0.501. The molecule has 12 atom stereocenters. The predicted molar refractivity (Wildman–Crippen MR) is 171 cm³/mol. The summed E-state index contributed by atoms with van der Waals surface area (Å²) in [4.78, 5) is 32.8. The number of rotatable bonds is 3. The number of hydrogen-bond donors (Lipinski definition) is 5. The lowest BCUT2D eigenvalue weighted by molar-refractivity contribution is -0.132. The van der Waals surface area contributed by atoms with Crippen LogP contribution in [0.15, 0.2) is 12.7 Å². The van der Waals surface area contributed by atoms with Crippen molar-refractivity contribution in [1.29, 1.82) is 0 Å². The fraction of sp³-hybridized carbons (Fsp3) is 0.879. The van der Waals surface area contributed by atoms with Crippen molar-refractivity contribution in [1.82, 2.24) is 41.3 Å². The number of piperidine rings is 2. The molecule has 6 fully saturated rings. The maximum atomic E-state index is 16.5. The summed E-state index contributed by atoms with van der Waals surface area (Å²) in [6, 6.07) is -0.474. The normalized spacial score (nSPS) is 43.5. The quantitative estimate of drug-likeness (QED) is 0.303. The number of amides is 3. The minimum Gasteiger partial charge on any atom is -0.336 e. The molecule has 1 aliphatic carbocycles. The highest BCUT2D eigenvalue weighted by Gasteiger charge is 2.56. The maximum Gasteiger partial charge on any atom is 0.320 e. The molecule has 5 aliphatic heterocycles. The molecular formula is C33H56F2N8O2. The number of carbonyl (C=O) groups excluding carboxylic acids is 2. The third kappa shape index (κ3) is 6.77. The SMILES string of the molecule is C=CC(=O)N1CCN(C2NC(=O)N3C4CC(CNC4C(C)C)NCCCCNC4CCC(F)C(C4)C4NC3C2CC4F)[C@@H](C)C1. The van der Waals surface area contributed by atoms with Crippen molar-refractivity contribution in [2.75, 3.05) is 39.3 Å². The van der Waals surface area contributed by atoms with Crippen molar-refractivity contribution < 1.29 is 18.4 Å². The van der Waals surface area contributed by atoms with Gasteiger partial charge in [0.1, 0.15) is 12.3 Å². The van der Waals surface area contributed by atoms with Gasteiger partial charge in [-0.1, -0.05) is 20.4 Å². The van der Waals surface area contributed by atoms with E-state index in [2.05, 4.69) is 58.8 Å². The fourth-order valence-electron chi connectivity index (χ4n) is 9.42. The van der Waals surface area contributed by atoms with E-state index in [1.54, 1.807) is 4.90 Å². The van der Waals surface area contributed by atoms with Crippen molar-refractivity contribution in [3.63, 3.8) is 0 Å². The van der Waals surface area contributed by atoms with Crippen LogP contribution in [0.5, 0.6) is 0 Å². The highest BCUT2D eigenvalue weighted by atomic mass is 19.1. The number of nitrogens with one attached hydrogen (secondary N) is 5. The minimum absolute atomic E-state index is 0.0322. The summed E-state index contributed by atoms with van der Waals surface area (Å²) >= 11 is 0. The first-order valence-electron chi connectivity index (χ1n) is 17.7. The molecule has 5 N–H and O–H groups in total. The van der Waals surface area contributed by atoms with Crippen molar-refractivity contribution in [3.05, 3.63) is 12.7 Å². The third-order valence-corrected chi connectivity index (χ3v) is 11.7. The molecular weight excluding hydrogens is 578 g/mol. The zero-order valence-corrected chi connectivity index (χ0v) is 27.4. The number of nitrogens with zero attached hydrogens (tertiary/aromatic N) is 3. The van der Waals surface area contributed by atoms with Crippen LogP contribution >= 0.6 is 0 Å². The molecule has 6 rings (SSSR count). The Bertz CT molecular complexity index is 1070. The van der Waals surface area contributed by atoms with Crippen molar-refractivity contribution in [2.24, 2.45) is 17.8 Å². The number of carbonyl (C=O) groups is 2. The molecule has 0 radical (unpaired) electrons. The number of halogens is 2. The molecule has 45 heavy (non-hydrogen) atoms. The van der Waals surface area contributed by atoms with Gasteiger partial charge in [-0.2, -0.15) is 0 Å². The number of piperazine rings is 1. The number of urea groups is 1. The van der Waals surface area contributed by atoms with Crippen LogP contribution in [-0.4, -0.2) is 127 Å². The Morgan fingerprint density at radius 1 is 0.956 bits per heavy atom. The van der Waals surface area contributed by atoms with Crippen molar-refractivity contribution in [3.8, 4) is 0 Å². The summed E-state index contributed by atoms with van der Waals surface area (Å²) in [5.41, 5.74) is 0. The first-order valence-corrected chi connectivity index (χ1v) is 17.7. The lowest BCUT2D eigenvalue weighted by Gasteiger charge is -2.59. The van der Waals surface area contributed by atoms with Gasteiger partial charge in [0.15, 0.2) is 0 Å². The highest BCUT2D eigenvalue weighted by Crippen LogP contribution is 2.41. The van der Waals surface area contributed by atoms with Gasteiger partial charge >= 0.3 is 6.03 Å². The first kappa shape index (κ1) is 33.1. The van der Waals surface area contributed by atoms with Gasteiger partial charge in [0.05, 0.1) is 18.4 Å². The van der Waals surface area contributed by atoms with E-state index >= 15 is 8.78 Å². The highest BCUT2D eigenvalue weighted by molar-refractivity contribution is 5.87. The molecule has 11 unspecified atom stereocenters. The Balaban J connectivity index is 1.34. The largest absolute Gasteiger partial charge is 0.336 e. The number of fused-ring (bicyclic) bond motifs is 7. The monoisotopic (exact) mass is 634 g/mol. The maximum absolute atomic E-state index is 16.5. The van der Waals surface area contributed by atoms with Gasteiger partial charge in [-0.15, -0.1) is 0 Å². The van der Waals surface area contributed by atoms with E-state index in [1.165, 1.54) is 6.08 Å². The molecule has 12 heteroatoms. The molecule has 0 spiro atoms. The fourth-order valence-corrected chi connectivity index (χ4v) is 9.42. The molecule has 5 saturated heterocycles. The van der Waals surface area contributed by atoms with Crippen LogP contribution in [0.1, 0.15) is 65.7 Å². The average molecular weight is 635 g/mol. The molecule has 6 aliphatic rings. The summed E-state index contributed by atoms with van der Waals surface area (Å²) in [7, 11) is 0. The summed E-state index contributed by atoms with van der Waals surface area (Å²) in [5, 5.41) is 18.2. The predicted octanol–water partition coefficient (Wildman–Crippen LogP) is 1.93. The van der Waals surface area contributed by atoms with E-state index in [1.807, 2.05) is 4.90 Å². The van der Waals surface area contributed by atoms with Crippen LogP contribution in [0.4, 0.5) is 13.6 Å². The van der Waals surface area contributed by atoms with Gasteiger partial charge in [-0.25, -0.2) is 13.6 Å². The molecule has 3 amide bonds. The first-order chi connectivity index (χ1) is 21.7. The standard InChI is InChI=1S/C33H56F2N8O2/c1-5-28(44)41-12-13-42(20(4)18-41)31-24-16-26(35)30-23-14-21(8-9-25(23)34)36-10-6-7-11-37-22-15-27(29(19(2)3)38-17-22)43(32(24)39-30)33(45)40-31/h5,19-27,29-32,36-39H,1,6-18H2,2-4H3,(H,40,45)/t20-,21?,22?,23?,24?,25?,26?,27?,29?,30?,31?,32?/m0/s1. The molecule has 5 heterocycles. The van der Waals surface area contributed by atoms with Gasteiger partial charge < -0.3 is 31.1 Å². The summed E-state index contributed by atoms with van der Waals surface area (Å²) < 4.78 is 32.2. The van der Waals surface area contributed by atoms with Gasteiger partial charge in [0.25, 0.3) is 0 Å². The molecule has 10 nitrogen and oxygen atoms in total. The van der Waals surface area contributed by atoms with E-state index in [-0.39, 0.29) is 60.4 Å². The Morgan fingerprint density at radius 3 is 2.42 bits per heavy atom. The van der Waals surface area contributed by atoms with Gasteiger partial charge in [0.2, 0.25) is 5.91 Å². The van der Waals surface area contributed by atoms with Gasteiger partial charge in [-0.3, -0.25) is 15.0 Å². The van der Waals surface area contributed by atoms with E-state index in [0.717, 1.165) is 45.3 Å². The summed E-state index contributed by atoms with van der Waals surface area (Å²) in [6.07, 6.45) is 3.15. The molecule has 1 saturated carbocycles. The van der Waals surface area contributed by atoms with Crippen molar-refractivity contribution >= 4 is 11.9 Å². The van der Waals surface area contributed by atoms with Crippen molar-refractivity contribution in [2.45, 2.75) is 127 Å². The van der Waals surface area contributed by atoms with E-state index in [9.17, 15) is 9.59 Å². The third-order valence-electron chi connectivity index (χ3n) is 11.7. The topological polar surface area (TPSA) is 104 Å². The average Bonchev–Trinajstić information content (AvgIpc) is 3.02. The van der Waals surface area contributed by atoms with Gasteiger partial charge in [0, 0.05) is 68.2 Å². The van der Waals surface area contributed by atoms with E-state index in [4.69, 9.17) is 0 Å². The van der Waals surface area contributed by atoms with Gasteiger partial charge in [-0.05, 0) is 77.0 Å². The Morgan fingerprint density at radius 2 is 1.71 bits per heavy atom. The molecule has 0 aromatic heterocycles. The zero-order valence-electron chi connectivity index (χ0n) is 27.4.